The lowest BCUT2D eigenvalue weighted by Crippen LogP contribution is -2.35. The van der Waals surface area contributed by atoms with Crippen molar-refractivity contribution in [3.8, 4) is 11.5 Å². The summed E-state index contributed by atoms with van der Waals surface area (Å²) in [6.45, 7) is -0.109. The molecule has 0 atom stereocenters. The summed E-state index contributed by atoms with van der Waals surface area (Å²) in [5, 5.41) is 11.5. The molecule has 40 heavy (non-hydrogen) atoms. The molecule has 3 aromatic rings. The average Bonchev–Trinajstić information content (AvgIpc) is 3.16. The number of thiocarbonyl (C=S) groups is 1. The smallest absolute Gasteiger partial charge is 0.325 e. The highest BCUT2D eigenvalue weighted by Crippen LogP contribution is 2.37. The normalized spacial score (nSPS) is 14.1. The fourth-order valence-corrected chi connectivity index (χ4v) is 5.09. The molecule has 0 spiro atoms. The number of non-ortho nitro benzene ring substituents is 1. The third-order valence-electron chi connectivity index (χ3n) is 5.82. The molecule has 10 nitrogen and oxygen atoms in total. The fourth-order valence-electron chi connectivity index (χ4n) is 3.84. The zero-order valence-electron chi connectivity index (χ0n) is 21.1. The van der Waals surface area contributed by atoms with Crippen LogP contribution in [-0.2, 0) is 20.9 Å². The van der Waals surface area contributed by atoms with Crippen LogP contribution in [0.3, 0.4) is 0 Å². The summed E-state index contributed by atoms with van der Waals surface area (Å²) in [6, 6.07) is 16.1. The number of hydrogen-bond acceptors (Lipinski definition) is 8. The number of rotatable bonds is 9. The molecule has 1 aliphatic rings. The van der Waals surface area contributed by atoms with Crippen molar-refractivity contribution in [3.05, 3.63) is 96.2 Å². The Kier molecular flexibility index (Phi) is 9.22. The number of halogens is 2. The number of ether oxygens (including phenoxy) is 3. The Morgan fingerprint density at radius 2 is 1.80 bits per heavy atom. The topological polar surface area (TPSA) is 111 Å². The van der Waals surface area contributed by atoms with E-state index in [1.807, 2.05) is 0 Å². The maximum Gasteiger partial charge on any atom is 0.325 e. The lowest BCUT2D eigenvalue weighted by atomic mass is 10.1. The van der Waals surface area contributed by atoms with Gasteiger partial charge in [-0.05, 0) is 101 Å². The highest BCUT2D eigenvalue weighted by molar-refractivity contribution is 14.1. The summed E-state index contributed by atoms with van der Waals surface area (Å²) in [4.78, 5) is 38.9. The van der Waals surface area contributed by atoms with Crippen LogP contribution in [0.4, 0.5) is 11.4 Å². The van der Waals surface area contributed by atoms with E-state index in [1.165, 1.54) is 36.2 Å². The van der Waals surface area contributed by atoms with Gasteiger partial charge in [-0.25, -0.2) is 0 Å². The number of hydrogen-bond donors (Lipinski definition) is 0. The highest BCUT2D eigenvalue weighted by Gasteiger charge is 2.40. The van der Waals surface area contributed by atoms with E-state index in [0.717, 1.165) is 5.56 Å². The Morgan fingerprint density at radius 3 is 2.40 bits per heavy atom. The molecule has 0 N–H and O–H groups in total. The summed E-state index contributed by atoms with van der Waals surface area (Å²) in [7, 11) is 2.75. The monoisotopic (exact) mass is 693 g/mol. The van der Waals surface area contributed by atoms with E-state index in [9.17, 15) is 19.7 Å². The van der Waals surface area contributed by atoms with Gasteiger partial charge in [0.15, 0.2) is 16.6 Å². The van der Waals surface area contributed by atoms with E-state index in [4.69, 9.17) is 38.0 Å². The number of anilines is 1. The van der Waals surface area contributed by atoms with Gasteiger partial charge >= 0.3 is 5.97 Å². The lowest BCUT2D eigenvalue weighted by molar-refractivity contribution is -0.384. The number of carbonyl (C=O) groups excluding carboxylic acids is 2. The molecule has 13 heteroatoms. The van der Waals surface area contributed by atoms with Crippen LogP contribution < -0.4 is 14.4 Å². The number of carbonyl (C=O) groups is 2. The third-order valence-corrected chi connectivity index (χ3v) is 7.28. The number of nitrogens with zero attached hydrogens (tertiary/aromatic N) is 3. The number of benzene rings is 3. The molecule has 0 unspecified atom stereocenters. The lowest BCUT2D eigenvalue weighted by Gasteiger charge is -2.19. The average molecular weight is 694 g/mol. The van der Waals surface area contributed by atoms with E-state index in [-0.39, 0.29) is 29.6 Å². The van der Waals surface area contributed by atoms with Gasteiger partial charge in [0, 0.05) is 17.2 Å². The van der Waals surface area contributed by atoms with Crippen LogP contribution in [-0.4, -0.2) is 47.6 Å². The maximum absolute atomic E-state index is 13.6. The summed E-state index contributed by atoms with van der Waals surface area (Å²) >= 11 is 13.7. The predicted molar refractivity (Wildman–Crippen MR) is 161 cm³/mol. The largest absolute Gasteiger partial charge is 0.493 e. The maximum atomic E-state index is 13.6. The summed E-state index contributed by atoms with van der Waals surface area (Å²) in [6.07, 6.45) is 1.61. The minimum absolute atomic E-state index is 0.00915. The van der Waals surface area contributed by atoms with Crippen LogP contribution in [0, 0.1) is 13.7 Å². The standard InChI is InChI=1S/C27H21ClIN3O7S/c1-37-23-13-17(11-21(29)25(23)39-15-16-3-7-20(8-4-16)32(35)36)12-22-26(34)31(19-9-5-18(28)6-10-19)27(40)30(22)14-24(33)38-2/h3-13H,14-15H2,1-2H3/b22-12-. The molecule has 0 saturated carbocycles. The highest BCUT2D eigenvalue weighted by atomic mass is 127. The van der Waals surface area contributed by atoms with Gasteiger partial charge in [-0.2, -0.15) is 0 Å². The van der Waals surface area contributed by atoms with Crippen molar-refractivity contribution in [2.75, 3.05) is 25.7 Å². The van der Waals surface area contributed by atoms with Crippen molar-refractivity contribution < 1.29 is 28.7 Å². The van der Waals surface area contributed by atoms with E-state index < -0.39 is 16.8 Å². The molecule has 0 radical (unpaired) electrons. The van der Waals surface area contributed by atoms with Gasteiger partial charge in [-0.1, -0.05) is 11.6 Å². The van der Waals surface area contributed by atoms with Crippen molar-refractivity contribution in [2.45, 2.75) is 6.61 Å². The van der Waals surface area contributed by atoms with E-state index in [0.29, 0.717) is 31.3 Å². The molecule has 1 heterocycles. The Labute approximate surface area is 253 Å². The molecular formula is C27H21ClIN3O7S. The first-order valence-electron chi connectivity index (χ1n) is 11.6. The number of methoxy groups -OCH3 is 2. The molecule has 1 fully saturated rings. The van der Waals surface area contributed by atoms with Crippen molar-refractivity contribution in [1.29, 1.82) is 0 Å². The zero-order chi connectivity index (χ0) is 29.0. The zero-order valence-corrected chi connectivity index (χ0v) is 24.9. The third kappa shape index (κ3) is 6.35. The Hall–Kier alpha value is -3.75. The minimum Gasteiger partial charge on any atom is -0.493 e. The van der Waals surface area contributed by atoms with Crippen molar-refractivity contribution in [3.63, 3.8) is 0 Å². The van der Waals surface area contributed by atoms with Gasteiger partial charge in [-0.3, -0.25) is 24.6 Å². The quantitative estimate of drug-likeness (QED) is 0.0708. The van der Waals surface area contributed by atoms with E-state index >= 15 is 0 Å². The van der Waals surface area contributed by atoms with Crippen LogP contribution in [0.25, 0.3) is 6.08 Å². The van der Waals surface area contributed by atoms with Crippen LogP contribution in [0.1, 0.15) is 11.1 Å². The van der Waals surface area contributed by atoms with Crippen LogP contribution in [0.5, 0.6) is 11.5 Å². The fraction of sp³-hybridized carbons (Fsp3) is 0.148. The van der Waals surface area contributed by atoms with Gasteiger partial charge < -0.3 is 19.1 Å². The van der Waals surface area contributed by atoms with Crippen molar-refractivity contribution >= 4 is 80.8 Å². The molecule has 1 saturated heterocycles. The molecule has 0 aromatic heterocycles. The van der Waals surface area contributed by atoms with Gasteiger partial charge in [-0.15, -0.1) is 0 Å². The van der Waals surface area contributed by atoms with E-state index in [2.05, 4.69) is 22.6 Å². The Balaban J connectivity index is 1.65. The second-order valence-corrected chi connectivity index (χ2v) is 10.3. The first-order valence-corrected chi connectivity index (χ1v) is 13.4. The Morgan fingerprint density at radius 1 is 1.12 bits per heavy atom. The van der Waals surface area contributed by atoms with Crippen LogP contribution in [0.15, 0.2) is 66.4 Å². The summed E-state index contributed by atoms with van der Waals surface area (Å²) in [5.41, 5.74) is 2.00. The second-order valence-electron chi connectivity index (χ2n) is 8.34. The molecule has 1 amide bonds. The first kappa shape index (κ1) is 29.2. The van der Waals surface area contributed by atoms with Crippen LogP contribution >= 0.6 is 46.4 Å². The van der Waals surface area contributed by atoms with Crippen LogP contribution in [0.2, 0.25) is 5.02 Å². The van der Waals surface area contributed by atoms with E-state index in [1.54, 1.807) is 54.6 Å². The van der Waals surface area contributed by atoms with Gasteiger partial charge in [0.1, 0.15) is 18.8 Å². The van der Waals surface area contributed by atoms with Gasteiger partial charge in [0.2, 0.25) is 0 Å². The number of nitro benzene ring substituents is 1. The molecular weight excluding hydrogens is 673 g/mol. The molecule has 206 valence electrons. The molecule has 1 aliphatic heterocycles. The van der Waals surface area contributed by atoms with Crippen molar-refractivity contribution in [2.24, 2.45) is 0 Å². The Bertz CT molecular complexity index is 1510. The number of nitro groups is 1. The minimum atomic E-state index is -0.568. The summed E-state index contributed by atoms with van der Waals surface area (Å²) < 4.78 is 17.0. The van der Waals surface area contributed by atoms with Gasteiger partial charge in [0.25, 0.3) is 11.6 Å². The predicted octanol–water partition coefficient (Wildman–Crippen LogP) is 5.59. The second kappa shape index (κ2) is 12.6. The van der Waals surface area contributed by atoms with Crippen molar-refractivity contribution in [1.82, 2.24) is 4.90 Å². The molecule has 4 rings (SSSR count). The molecule has 3 aromatic carbocycles. The number of amides is 1. The van der Waals surface area contributed by atoms with Gasteiger partial charge in [0.05, 0.1) is 28.4 Å². The SMILES string of the molecule is COC(=O)CN1C(=S)N(c2ccc(Cl)cc2)C(=O)/C1=C/c1cc(I)c(OCc2ccc([N+](=O)[O-])cc2)c(OC)c1. The molecule has 0 aliphatic carbocycles. The number of esters is 1. The molecule has 0 bridgehead atoms. The first-order chi connectivity index (χ1) is 19.1. The summed E-state index contributed by atoms with van der Waals surface area (Å²) in [5.74, 6) is -0.126.